The summed E-state index contributed by atoms with van der Waals surface area (Å²) in [5.74, 6) is 0.587. The molecule has 0 N–H and O–H groups in total. The zero-order valence-corrected chi connectivity index (χ0v) is 14.4. The predicted octanol–water partition coefficient (Wildman–Crippen LogP) is 2.51. The SMILES string of the molecule is CCC(C)N(CCC(=O)OC)C(=O)c1cc(OC)cc(OC)c1. The van der Waals surface area contributed by atoms with Gasteiger partial charge in [-0.2, -0.15) is 0 Å². The monoisotopic (exact) mass is 323 g/mol. The molecule has 6 heteroatoms. The van der Waals surface area contributed by atoms with Crippen LogP contribution in [-0.4, -0.2) is 50.7 Å². The van der Waals surface area contributed by atoms with Gasteiger partial charge in [0.25, 0.3) is 5.91 Å². The van der Waals surface area contributed by atoms with Crippen molar-refractivity contribution in [3.05, 3.63) is 23.8 Å². The van der Waals surface area contributed by atoms with Crippen LogP contribution in [0.3, 0.4) is 0 Å². The number of hydrogen-bond donors (Lipinski definition) is 0. The number of methoxy groups -OCH3 is 3. The number of carbonyl (C=O) groups is 2. The van der Waals surface area contributed by atoms with Gasteiger partial charge in [0, 0.05) is 24.2 Å². The van der Waals surface area contributed by atoms with Crippen molar-refractivity contribution in [2.24, 2.45) is 0 Å². The second-order valence-electron chi connectivity index (χ2n) is 5.18. The predicted molar refractivity (Wildman–Crippen MR) is 87.0 cm³/mol. The topological polar surface area (TPSA) is 65.1 Å². The average Bonchev–Trinajstić information content (AvgIpc) is 2.60. The van der Waals surface area contributed by atoms with Gasteiger partial charge in [-0.3, -0.25) is 9.59 Å². The summed E-state index contributed by atoms with van der Waals surface area (Å²) in [5.41, 5.74) is 0.464. The molecule has 1 atom stereocenters. The lowest BCUT2D eigenvalue weighted by Gasteiger charge is -2.28. The quantitative estimate of drug-likeness (QED) is 0.688. The number of rotatable bonds is 8. The van der Waals surface area contributed by atoms with E-state index in [2.05, 4.69) is 4.74 Å². The number of esters is 1. The summed E-state index contributed by atoms with van der Waals surface area (Å²) in [6, 6.07) is 5.04. The number of carbonyl (C=O) groups excluding carboxylic acids is 2. The highest BCUT2D eigenvalue weighted by molar-refractivity contribution is 5.95. The molecular formula is C17H25NO5. The zero-order valence-electron chi connectivity index (χ0n) is 14.4. The Labute approximate surface area is 137 Å². The van der Waals surface area contributed by atoms with E-state index in [4.69, 9.17) is 9.47 Å². The molecule has 0 fully saturated rings. The highest BCUT2D eigenvalue weighted by Crippen LogP contribution is 2.24. The third kappa shape index (κ3) is 5.16. The van der Waals surface area contributed by atoms with Gasteiger partial charge in [0.05, 0.1) is 27.8 Å². The third-order valence-electron chi connectivity index (χ3n) is 3.77. The molecule has 0 aliphatic heterocycles. The van der Waals surface area contributed by atoms with E-state index in [9.17, 15) is 9.59 Å². The Morgan fingerprint density at radius 2 is 1.65 bits per heavy atom. The van der Waals surface area contributed by atoms with E-state index in [1.54, 1.807) is 23.1 Å². The zero-order chi connectivity index (χ0) is 17.4. The van der Waals surface area contributed by atoms with Gasteiger partial charge in [0.15, 0.2) is 0 Å². The van der Waals surface area contributed by atoms with Crippen LogP contribution in [0.4, 0.5) is 0 Å². The molecular weight excluding hydrogens is 298 g/mol. The van der Waals surface area contributed by atoms with Gasteiger partial charge in [-0.1, -0.05) is 6.92 Å². The number of ether oxygens (including phenoxy) is 3. The Hall–Kier alpha value is -2.24. The molecule has 0 aliphatic carbocycles. The van der Waals surface area contributed by atoms with E-state index in [1.807, 2.05) is 13.8 Å². The van der Waals surface area contributed by atoms with Crippen LogP contribution < -0.4 is 9.47 Å². The first kappa shape index (κ1) is 18.8. The maximum atomic E-state index is 12.8. The minimum Gasteiger partial charge on any atom is -0.497 e. The summed E-state index contributed by atoms with van der Waals surface area (Å²) in [6.45, 7) is 4.25. The van der Waals surface area contributed by atoms with Crippen LogP contribution in [0, 0.1) is 0 Å². The van der Waals surface area contributed by atoms with Crippen LogP contribution in [-0.2, 0) is 9.53 Å². The normalized spacial score (nSPS) is 11.5. The first-order valence-electron chi connectivity index (χ1n) is 7.57. The lowest BCUT2D eigenvalue weighted by atomic mass is 10.1. The Balaban J connectivity index is 3.05. The molecule has 0 spiro atoms. The highest BCUT2D eigenvalue weighted by Gasteiger charge is 2.22. The Kier molecular flexibility index (Phi) is 7.38. The number of amides is 1. The van der Waals surface area contributed by atoms with Crippen LogP contribution >= 0.6 is 0 Å². The molecule has 0 aliphatic rings. The Morgan fingerprint density at radius 1 is 1.09 bits per heavy atom. The fourth-order valence-corrected chi connectivity index (χ4v) is 2.15. The summed E-state index contributed by atoms with van der Waals surface area (Å²) < 4.78 is 15.1. The lowest BCUT2D eigenvalue weighted by molar-refractivity contribution is -0.140. The molecule has 0 radical (unpaired) electrons. The molecule has 1 unspecified atom stereocenters. The summed E-state index contributed by atoms with van der Waals surface area (Å²) in [4.78, 5) is 25.9. The molecule has 0 saturated heterocycles. The van der Waals surface area contributed by atoms with E-state index in [-0.39, 0.29) is 24.3 Å². The van der Waals surface area contributed by atoms with Crippen molar-refractivity contribution in [2.75, 3.05) is 27.9 Å². The molecule has 128 valence electrons. The minimum absolute atomic E-state index is 0.00403. The minimum atomic E-state index is -0.339. The molecule has 0 saturated carbocycles. The number of nitrogens with zero attached hydrogens (tertiary/aromatic N) is 1. The molecule has 1 aromatic carbocycles. The Bertz CT molecular complexity index is 522. The third-order valence-corrected chi connectivity index (χ3v) is 3.77. The van der Waals surface area contributed by atoms with Crippen molar-refractivity contribution in [1.82, 2.24) is 4.90 Å². The lowest BCUT2D eigenvalue weighted by Crippen LogP contribution is -2.39. The van der Waals surface area contributed by atoms with Crippen LogP contribution in [0.1, 0.15) is 37.0 Å². The van der Waals surface area contributed by atoms with Crippen LogP contribution in [0.25, 0.3) is 0 Å². The van der Waals surface area contributed by atoms with Crippen molar-refractivity contribution >= 4 is 11.9 Å². The maximum Gasteiger partial charge on any atom is 0.307 e. The second kappa shape index (κ2) is 9.02. The van der Waals surface area contributed by atoms with Gasteiger partial charge in [0.1, 0.15) is 11.5 Å². The van der Waals surface area contributed by atoms with E-state index in [0.29, 0.717) is 23.6 Å². The van der Waals surface area contributed by atoms with E-state index >= 15 is 0 Å². The smallest absolute Gasteiger partial charge is 0.307 e. The first-order chi connectivity index (χ1) is 11.0. The standard InChI is InChI=1S/C17H25NO5/c1-6-12(2)18(8-7-16(19)23-5)17(20)13-9-14(21-3)11-15(10-13)22-4/h9-12H,6-8H2,1-5H3. The van der Waals surface area contributed by atoms with Gasteiger partial charge >= 0.3 is 5.97 Å². The molecule has 0 heterocycles. The molecule has 6 nitrogen and oxygen atoms in total. The van der Waals surface area contributed by atoms with Crippen LogP contribution in [0.15, 0.2) is 18.2 Å². The molecule has 0 bridgehead atoms. The van der Waals surface area contributed by atoms with Gasteiger partial charge in [0.2, 0.25) is 0 Å². The van der Waals surface area contributed by atoms with E-state index in [0.717, 1.165) is 6.42 Å². The van der Waals surface area contributed by atoms with Gasteiger partial charge < -0.3 is 19.1 Å². The van der Waals surface area contributed by atoms with E-state index in [1.165, 1.54) is 21.3 Å². The maximum absolute atomic E-state index is 12.8. The number of hydrogen-bond acceptors (Lipinski definition) is 5. The van der Waals surface area contributed by atoms with Crippen LogP contribution in [0.5, 0.6) is 11.5 Å². The Morgan fingerprint density at radius 3 is 2.09 bits per heavy atom. The summed E-state index contributed by atoms with van der Waals surface area (Å²) in [6.07, 6.45) is 0.946. The van der Waals surface area contributed by atoms with Gasteiger partial charge in [-0.25, -0.2) is 0 Å². The number of benzene rings is 1. The molecule has 1 aromatic rings. The summed E-state index contributed by atoms with van der Waals surface area (Å²) >= 11 is 0. The van der Waals surface area contributed by atoms with Crippen molar-refractivity contribution < 1.29 is 23.8 Å². The molecule has 1 rings (SSSR count). The van der Waals surface area contributed by atoms with Crippen molar-refractivity contribution in [2.45, 2.75) is 32.7 Å². The van der Waals surface area contributed by atoms with Crippen molar-refractivity contribution in [3.63, 3.8) is 0 Å². The summed E-state index contributed by atoms with van der Waals surface area (Å²) in [5, 5.41) is 0. The summed E-state index contributed by atoms with van der Waals surface area (Å²) in [7, 11) is 4.41. The fourth-order valence-electron chi connectivity index (χ4n) is 2.15. The van der Waals surface area contributed by atoms with Crippen LogP contribution in [0.2, 0.25) is 0 Å². The largest absolute Gasteiger partial charge is 0.497 e. The highest BCUT2D eigenvalue weighted by atomic mass is 16.5. The van der Waals surface area contributed by atoms with Gasteiger partial charge in [-0.05, 0) is 25.5 Å². The van der Waals surface area contributed by atoms with E-state index < -0.39 is 0 Å². The average molecular weight is 323 g/mol. The first-order valence-corrected chi connectivity index (χ1v) is 7.57. The second-order valence-corrected chi connectivity index (χ2v) is 5.18. The molecule has 1 amide bonds. The fraction of sp³-hybridized carbons (Fsp3) is 0.529. The molecule has 23 heavy (non-hydrogen) atoms. The van der Waals surface area contributed by atoms with Crippen molar-refractivity contribution in [3.8, 4) is 11.5 Å². The van der Waals surface area contributed by atoms with Crippen molar-refractivity contribution in [1.29, 1.82) is 0 Å². The van der Waals surface area contributed by atoms with Gasteiger partial charge in [-0.15, -0.1) is 0 Å². The molecule has 0 aromatic heterocycles.